The second kappa shape index (κ2) is 10.3. The summed E-state index contributed by atoms with van der Waals surface area (Å²) in [4.78, 5) is 0. The highest BCUT2D eigenvalue weighted by molar-refractivity contribution is 9.10. The van der Waals surface area contributed by atoms with E-state index >= 15 is 0 Å². The summed E-state index contributed by atoms with van der Waals surface area (Å²) in [6, 6.07) is 29.9. The lowest BCUT2D eigenvalue weighted by molar-refractivity contribution is 0.581. The van der Waals surface area contributed by atoms with E-state index < -0.39 is 0 Å². The van der Waals surface area contributed by atoms with Crippen molar-refractivity contribution in [2.24, 2.45) is 0 Å². The topological polar surface area (TPSA) is 0 Å². The molecular formula is C38H39Br. The summed E-state index contributed by atoms with van der Waals surface area (Å²) < 4.78 is 1.21. The molecule has 5 aromatic carbocycles. The zero-order chi connectivity index (χ0) is 27.3. The first-order valence-corrected chi connectivity index (χ1v) is 15.5. The zero-order valence-electron chi connectivity index (χ0n) is 24.0. The van der Waals surface area contributed by atoms with E-state index in [9.17, 15) is 0 Å². The summed E-state index contributed by atoms with van der Waals surface area (Å²) in [5.74, 6) is 0.236. The van der Waals surface area contributed by atoms with Crippen molar-refractivity contribution in [3.05, 3.63) is 117 Å². The molecule has 198 valence electrons. The van der Waals surface area contributed by atoms with Gasteiger partial charge in [0.25, 0.3) is 0 Å². The van der Waals surface area contributed by atoms with Gasteiger partial charge in [-0.2, -0.15) is 0 Å². The van der Waals surface area contributed by atoms with Crippen LogP contribution in [0.15, 0.2) is 94.5 Å². The van der Waals surface area contributed by atoms with Crippen LogP contribution >= 0.6 is 15.9 Å². The number of benzene rings is 5. The van der Waals surface area contributed by atoms with E-state index in [1.807, 2.05) is 0 Å². The Balaban J connectivity index is 1.70. The van der Waals surface area contributed by atoms with Crippen molar-refractivity contribution < 1.29 is 0 Å². The second-order valence-electron chi connectivity index (χ2n) is 12.1. The van der Waals surface area contributed by atoms with Gasteiger partial charge in [0.15, 0.2) is 0 Å². The summed E-state index contributed by atoms with van der Waals surface area (Å²) >= 11 is 3.93. The van der Waals surface area contributed by atoms with Crippen LogP contribution in [0.5, 0.6) is 0 Å². The molecule has 0 N–H and O–H groups in total. The van der Waals surface area contributed by atoms with Crippen LogP contribution in [0.4, 0.5) is 0 Å². The number of unbranched alkanes of at least 4 members (excludes halogenated alkanes) is 3. The van der Waals surface area contributed by atoms with E-state index in [0.29, 0.717) is 0 Å². The molecule has 0 amide bonds. The Kier molecular flexibility index (Phi) is 6.92. The highest BCUT2D eigenvalue weighted by atomic mass is 79.9. The molecule has 5 aromatic rings. The van der Waals surface area contributed by atoms with Crippen molar-refractivity contribution in [2.45, 2.75) is 78.1 Å². The number of fused-ring (bicyclic) bond motifs is 6. The highest BCUT2D eigenvalue weighted by Crippen LogP contribution is 2.52. The van der Waals surface area contributed by atoms with Gasteiger partial charge in [0.1, 0.15) is 0 Å². The second-order valence-corrected chi connectivity index (χ2v) is 12.9. The van der Waals surface area contributed by atoms with Crippen LogP contribution in [0.3, 0.4) is 0 Å². The van der Waals surface area contributed by atoms with Gasteiger partial charge in [-0.05, 0) is 87.3 Å². The molecule has 0 heterocycles. The van der Waals surface area contributed by atoms with Crippen molar-refractivity contribution >= 4 is 48.2 Å². The average Bonchev–Trinajstić information content (AvgIpc) is 2.94. The van der Waals surface area contributed by atoms with Crippen LogP contribution < -0.4 is 0 Å². The molecule has 0 bridgehead atoms. The molecule has 0 aliphatic heterocycles. The average molecular weight is 576 g/mol. The standard InChI is InChI=1S/C38H39Br/c1-6-7-8-9-15-27-23-32-29(31-19-13-20-34(39)36(27)31)21-22-33-37(32)35(24(2)25(3)38(33,4)5)30-18-12-16-26-14-10-11-17-28(26)30/h10-14,16-23,35H,6-9,15H2,1-5H3. The Morgan fingerprint density at radius 3 is 2.31 bits per heavy atom. The van der Waals surface area contributed by atoms with Crippen LogP contribution in [0.25, 0.3) is 32.3 Å². The first kappa shape index (κ1) is 26.3. The third-order valence-electron chi connectivity index (χ3n) is 9.59. The Morgan fingerprint density at radius 2 is 1.49 bits per heavy atom. The zero-order valence-corrected chi connectivity index (χ0v) is 25.6. The molecule has 0 saturated heterocycles. The van der Waals surface area contributed by atoms with Gasteiger partial charge < -0.3 is 0 Å². The molecule has 1 atom stereocenters. The van der Waals surface area contributed by atoms with E-state index in [1.54, 1.807) is 0 Å². The summed E-state index contributed by atoms with van der Waals surface area (Å²) in [5, 5.41) is 8.24. The maximum atomic E-state index is 3.93. The van der Waals surface area contributed by atoms with Crippen LogP contribution in [0.2, 0.25) is 0 Å². The van der Waals surface area contributed by atoms with Crippen LogP contribution in [0.1, 0.15) is 88.5 Å². The Bertz CT molecular complexity index is 1750. The Morgan fingerprint density at radius 1 is 0.744 bits per heavy atom. The van der Waals surface area contributed by atoms with Gasteiger partial charge in [0, 0.05) is 15.8 Å². The summed E-state index contributed by atoms with van der Waals surface area (Å²) in [6.07, 6.45) is 6.22. The number of hydrogen-bond donors (Lipinski definition) is 0. The predicted molar refractivity (Wildman–Crippen MR) is 174 cm³/mol. The number of rotatable bonds is 6. The lowest BCUT2D eigenvalue weighted by Gasteiger charge is -2.41. The van der Waals surface area contributed by atoms with Gasteiger partial charge in [-0.3, -0.25) is 0 Å². The number of allylic oxidation sites excluding steroid dienone is 2. The van der Waals surface area contributed by atoms with E-state index in [4.69, 9.17) is 0 Å². The van der Waals surface area contributed by atoms with E-state index in [0.717, 1.165) is 6.42 Å². The molecule has 1 unspecified atom stereocenters. The lowest BCUT2D eigenvalue weighted by Crippen LogP contribution is -2.29. The van der Waals surface area contributed by atoms with Gasteiger partial charge in [-0.15, -0.1) is 0 Å². The van der Waals surface area contributed by atoms with Gasteiger partial charge >= 0.3 is 0 Å². The Hall–Kier alpha value is -2.90. The maximum absolute atomic E-state index is 3.93. The third kappa shape index (κ3) is 4.25. The minimum Gasteiger partial charge on any atom is -0.0654 e. The third-order valence-corrected chi connectivity index (χ3v) is 10.2. The van der Waals surface area contributed by atoms with Crippen molar-refractivity contribution in [1.82, 2.24) is 0 Å². The molecule has 1 aliphatic carbocycles. The summed E-state index contributed by atoms with van der Waals surface area (Å²) in [7, 11) is 0. The number of halogens is 1. The van der Waals surface area contributed by atoms with Crippen LogP contribution in [-0.4, -0.2) is 0 Å². The van der Waals surface area contributed by atoms with Gasteiger partial charge in [0.05, 0.1) is 0 Å². The molecule has 1 heteroatoms. The quantitative estimate of drug-likeness (QED) is 0.107. The van der Waals surface area contributed by atoms with Crippen molar-refractivity contribution in [1.29, 1.82) is 0 Å². The summed E-state index contributed by atoms with van der Waals surface area (Å²) in [5.41, 5.74) is 8.87. The molecule has 0 aromatic heterocycles. The predicted octanol–water partition coefficient (Wildman–Crippen LogP) is 11.8. The van der Waals surface area contributed by atoms with Crippen molar-refractivity contribution in [3.8, 4) is 0 Å². The van der Waals surface area contributed by atoms with Crippen LogP contribution in [0, 0.1) is 0 Å². The molecule has 0 nitrogen and oxygen atoms in total. The molecule has 1 aliphatic rings. The number of aryl methyl sites for hydroxylation is 1. The minimum atomic E-state index is -0.0117. The summed E-state index contributed by atoms with van der Waals surface area (Å²) in [6.45, 7) is 11.9. The fourth-order valence-electron chi connectivity index (χ4n) is 7.16. The lowest BCUT2D eigenvalue weighted by atomic mass is 9.63. The van der Waals surface area contributed by atoms with Gasteiger partial charge in [0.2, 0.25) is 0 Å². The van der Waals surface area contributed by atoms with E-state index in [2.05, 4.69) is 129 Å². The Labute approximate surface area is 242 Å². The molecule has 0 radical (unpaired) electrons. The van der Waals surface area contributed by atoms with Gasteiger partial charge in [-0.1, -0.05) is 140 Å². The first-order chi connectivity index (χ1) is 18.8. The van der Waals surface area contributed by atoms with E-state index in [-0.39, 0.29) is 11.3 Å². The monoisotopic (exact) mass is 574 g/mol. The smallest absolute Gasteiger partial charge is 0.0314 e. The van der Waals surface area contributed by atoms with Crippen LogP contribution in [-0.2, 0) is 11.8 Å². The number of hydrogen-bond acceptors (Lipinski definition) is 0. The molecule has 0 spiro atoms. The largest absolute Gasteiger partial charge is 0.0654 e. The minimum absolute atomic E-state index is 0.0117. The molecule has 6 rings (SSSR count). The fourth-order valence-corrected chi connectivity index (χ4v) is 7.78. The first-order valence-electron chi connectivity index (χ1n) is 14.7. The maximum Gasteiger partial charge on any atom is 0.0314 e. The molecule has 0 saturated carbocycles. The highest BCUT2D eigenvalue weighted by Gasteiger charge is 2.38. The van der Waals surface area contributed by atoms with E-state index in [1.165, 1.54) is 95.9 Å². The SMILES string of the molecule is CCCCCCc1cc2c3c(ccc2c2cccc(Br)c12)C(C)(C)C(C)=C(C)C3c1cccc2ccccc12. The molecule has 0 fully saturated rings. The fraction of sp³-hybridized carbons (Fsp3) is 0.316. The van der Waals surface area contributed by atoms with Crippen molar-refractivity contribution in [3.63, 3.8) is 0 Å². The van der Waals surface area contributed by atoms with Crippen molar-refractivity contribution in [2.75, 3.05) is 0 Å². The normalized spacial score (nSPS) is 16.8. The molecule has 39 heavy (non-hydrogen) atoms. The molecular weight excluding hydrogens is 536 g/mol. The van der Waals surface area contributed by atoms with Gasteiger partial charge in [-0.25, -0.2) is 0 Å².